The highest BCUT2D eigenvalue weighted by Gasteiger charge is 2.47. The Kier molecular flexibility index (Phi) is 5.97. The molecule has 9 nitrogen and oxygen atoms in total. The molecule has 3 rings (SSSR count). The number of benzene rings is 1. The van der Waals surface area contributed by atoms with Crippen LogP contribution in [0.4, 0.5) is 0 Å². The second-order valence-electron chi connectivity index (χ2n) is 6.65. The number of rotatable bonds is 5. The van der Waals surface area contributed by atoms with Gasteiger partial charge in [-0.1, -0.05) is 18.2 Å². The number of esters is 3. The second-order valence-corrected chi connectivity index (χ2v) is 6.65. The summed E-state index contributed by atoms with van der Waals surface area (Å²) in [7, 11) is 0. The first-order chi connectivity index (χ1) is 13.8. The van der Waals surface area contributed by atoms with Crippen LogP contribution >= 0.6 is 0 Å². The van der Waals surface area contributed by atoms with Crippen molar-refractivity contribution >= 4 is 35.1 Å². The van der Waals surface area contributed by atoms with Crippen molar-refractivity contribution in [2.45, 2.75) is 45.3 Å². The Labute approximate surface area is 166 Å². The zero-order chi connectivity index (χ0) is 21.1. The molecule has 0 amide bonds. The number of hydrogen-bond acceptors (Lipinski definition) is 8. The van der Waals surface area contributed by atoms with E-state index in [0.717, 1.165) is 0 Å². The third-order valence-electron chi connectivity index (χ3n) is 4.50. The molecule has 0 bridgehead atoms. The third-order valence-corrected chi connectivity index (χ3v) is 4.50. The molecular weight excluding hydrogens is 382 g/mol. The molecule has 1 aliphatic heterocycles. The van der Waals surface area contributed by atoms with Gasteiger partial charge in [0.25, 0.3) is 0 Å². The molecule has 0 spiro atoms. The van der Waals surface area contributed by atoms with E-state index in [1.165, 1.54) is 20.8 Å². The molecule has 4 atom stereocenters. The molecule has 2 heterocycles. The lowest BCUT2D eigenvalue weighted by atomic mass is 10.0. The minimum Gasteiger partial charge on any atom is -0.456 e. The molecular formula is C20H21NO8. The van der Waals surface area contributed by atoms with Crippen molar-refractivity contribution in [1.29, 1.82) is 0 Å². The quantitative estimate of drug-likeness (QED) is 0.422. The molecule has 1 aliphatic rings. The van der Waals surface area contributed by atoms with Crippen molar-refractivity contribution in [2.75, 3.05) is 6.61 Å². The first-order valence-corrected chi connectivity index (χ1v) is 8.99. The topological polar surface area (TPSA) is 110 Å². The van der Waals surface area contributed by atoms with E-state index in [0.29, 0.717) is 22.8 Å². The van der Waals surface area contributed by atoms with Crippen LogP contribution in [-0.4, -0.2) is 53.7 Å². The number of aldehydes is 1. The van der Waals surface area contributed by atoms with Gasteiger partial charge >= 0.3 is 17.9 Å². The standard InChI is InChI=1S/C20H21NO8/c1-11(23)27-17-10-26-20(19(29-13(3)25)18(17)28-12(2)24)21-8-14(9-22)15-6-4-5-7-16(15)21/h4-9,17-20H,10H2,1-3H3/t17-,18-,19+,20+/m0/s1. The Bertz CT molecular complexity index is 949. The van der Waals surface area contributed by atoms with Crippen molar-refractivity contribution in [1.82, 2.24) is 4.57 Å². The summed E-state index contributed by atoms with van der Waals surface area (Å²) in [6, 6.07) is 7.16. The Hall–Kier alpha value is -3.20. The van der Waals surface area contributed by atoms with Crippen molar-refractivity contribution < 1.29 is 38.1 Å². The molecule has 0 radical (unpaired) electrons. The smallest absolute Gasteiger partial charge is 0.303 e. The molecule has 29 heavy (non-hydrogen) atoms. The fourth-order valence-corrected chi connectivity index (χ4v) is 3.50. The van der Waals surface area contributed by atoms with Crippen LogP contribution in [0.5, 0.6) is 0 Å². The van der Waals surface area contributed by atoms with Gasteiger partial charge in [-0.15, -0.1) is 0 Å². The molecule has 0 aliphatic carbocycles. The first kappa shape index (κ1) is 20.5. The highest BCUT2D eigenvalue weighted by atomic mass is 16.6. The predicted octanol–water partition coefficient (Wildman–Crippen LogP) is 1.78. The number of ether oxygens (including phenoxy) is 4. The van der Waals surface area contributed by atoms with Crippen LogP contribution in [0.15, 0.2) is 30.5 Å². The molecule has 2 aromatic rings. The van der Waals surface area contributed by atoms with Gasteiger partial charge in [0, 0.05) is 37.9 Å². The predicted molar refractivity (Wildman–Crippen MR) is 99.0 cm³/mol. The maximum atomic E-state index is 11.8. The molecule has 0 saturated carbocycles. The van der Waals surface area contributed by atoms with Gasteiger partial charge in [0.15, 0.2) is 30.8 Å². The minimum atomic E-state index is -1.11. The number of hydrogen-bond donors (Lipinski definition) is 0. The van der Waals surface area contributed by atoms with Crippen LogP contribution in [0.25, 0.3) is 10.9 Å². The van der Waals surface area contributed by atoms with Crippen LogP contribution in [0, 0.1) is 0 Å². The zero-order valence-corrected chi connectivity index (χ0v) is 16.2. The molecule has 1 aromatic carbocycles. The van der Waals surface area contributed by atoms with Gasteiger partial charge in [0.05, 0.1) is 12.1 Å². The Morgan fingerprint density at radius 3 is 2.24 bits per heavy atom. The fraction of sp³-hybridized carbons (Fsp3) is 0.400. The van der Waals surface area contributed by atoms with Crippen LogP contribution in [0.3, 0.4) is 0 Å². The Balaban J connectivity index is 2.08. The van der Waals surface area contributed by atoms with Gasteiger partial charge in [-0.2, -0.15) is 0 Å². The molecule has 1 fully saturated rings. The summed E-state index contributed by atoms with van der Waals surface area (Å²) in [5.41, 5.74) is 1.10. The van der Waals surface area contributed by atoms with Crippen LogP contribution in [0.1, 0.15) is 37.4 Å². The average molecular weight is 403 g/mol. The molecule has 0 unspecified atom stereocenters. The van der Waals surface area contributed by atoms with Crippen molar-refractivity contribution in [3.8, 4) is 0 Å². The first-order valence-electron chi connectivity index (χ1n) is 8.99. The molecule has 0 N–H and O–H groups in total. The number of carbonyl (C=O) groups is 4. The van der Waals surface area contributed by atoms with Gasteiger partial charge in [-0.05, 0) is 6.07 Å². The van der Waals surface area contributed by atoms with Crippen molar-refractivity contribution in [3.63, 3.8) is 0 Å². The number of nitrogens with zero attached hydrogens (tertiary/aromatic N) is 1. The van der Waals surface area contributed by atoms with Crippen LogP contribution in [-0.2, 0) is 33.3 Å². The maximum absolute atomic E-state index is 11.8. The summed E-state index contributed by atoms with van der Waals surface area (Å²) in [6.45, 7) is 3.54. The van der Waals surface area contributed by atoms with E-state index in [9.17, 15) is 19.2 Å². The van der Waals surface area contributed by atoms with Gasteiger partial charge in [0.2, 0.25) is 0 Å². The zero-order valence-electron chi connectivity index (χ0n) is 16.2. The SMILES string of the molecule is CC(=O)O[C@@H]1[C@@H](OC(C)=O)[C@H](n2cc(C=O)c3ccccc32)OC[C@@H]1OC(C)=O. The molecule has 1 saturated heterocycles. The number of carbonyl (C=O) groups excluding carboxylic acids is 4. The van der Waals surface area contributed by atoms with E-state index in [4.69, 9.17) is 18.9 Å². The second kappa shape index (κ2) is 8.44. The molecule has 154 valence electrons. The Morgan fingerprint density at radius 1 is 1.00 bits per heavy atom. The van der Waals surface area contributed by atoms with E-state index < -0.39 is 42.4 Å². The van der Waals surface area contributed by atoms with Crippen LogP contribution < -0.4 is 0 Å². The maximum Gasteiger partial charge on any atom is 0.303 e. The lowest BCUT2D eigenvalue weighted by Crippen LogP contribution is -2.55. The van der Waals surface area contributed by atoms with E-state index in [-0.39, 0.29) is 6.61 Å². The summed E-state index contributed by atoms with van der Waals surface area (Å²) >= 11 is 0. The molecule has 9 heteroatoms. The number of para-hydroxylation sites is 1. The van der Waals surface area contributed by atoms with E-state index >= 15 is 0 Å². The molecule has 1 aromatic heterocycles. The van der Waals surface area contributed by atoms with Gasteiger partial charge in [-0.25, -0.2) is 0 Å². The van der Waals surface area contributed by atoms with Gasteiger partial charge < -0.3 is 23.5 Å². The number of aromatic nitrogens is 1. The third kappa shape index (κ3) is 4.29. The van der Waals surface area contributed by atoms with Gasteiger partial charge in [0.1, 0.15) is 0 Å². The highest BCUT2D eigenvalue weighted by molar-refractivity contribution is 5.97. The largest absolute Gasteiger partial charge is 0.456 e. The van der Waals surface area contributed by atoms with E-state index in [2.05, 4.69) is 0 Å². The van der Waals surface area contributed by atoms with Gasteiger partial charge in [-0.3, -0.25) is 19.2 Å². The van der Waals surface area contributed by atoms with E-state index in [1.54, 1.807) is 35.0 Å². The highest BCUT2D eigenvalue weighted by Crippen LogP contribution is 2.34. The lowest BCUT2D eigenvalue weighted by molar-refractivity contribution is -0.239. The van der Waals surface area contributed by atoms with Crippen LogP contribution in [0.2, 0.25) is 0 Å². The monoisotopic (exact) mass is 403 g/mol. The van der Waals surface area contributed by atoms with Crippen molar-refractivity contribution in [3.05, 3.63) is 36.0 Å². The summed E-state index contributed by atoms with van der Waals surface area (Å²) in [6.07, 6.45) is -1.76. The lowest BCUT2D eigenvalue weighted by Gasteiger charge is -2.41. The minimum absolute atomic E-state index is 0.0944. The summed E-state index contributed by atoms with van der Waals surface area (Å²) < 4.78 is 23.5. The van der Waals surface area contributed by atoms with E-state index in [1.807, 2.05) is 0 Å². The fourth-order valence-electron chi connectivity index (χ4n) is 3.50. The summed E-state index contributed by atoms with van der Waals surface area (Å²) in [5, 5.41) is 0.693. The Morgan fingerprint density at radius 2 is 1.62 bits per heavy atom. The average Bonchev–Trinajstić information content (AvgIpc) is 3.02. The summed E-state index contributed by atoms with van der Waals surface area (Å²) in [5.74, 6) is -1.85. The summed E-state index contributed by atoms with van der Waals surface area (Å²) in [4.78, 5) is 46.4. The normalized spacial score (nSPS) is 24.0. The number of fused-ring (bicyclic) bond motifs is 1. The van der Waals surface area contributed by atoms with Crippen molar-refractivity contribution in [2.24, 2.45) is 0 Å².